The molecule has 40 heavy (non-hydrogen) atoms. The van der Waals surface area contributed by atoms with Crippen LogP contribution >= 0.6 is 25.3 Å². The lowest BCUT2D eigenvalue weighted by atomic mass is 9.70. The molecule has 2 aliphatic rings. The van der Waals surface area contributed by atoms with Gasteiger partial charge in [-0.3, -0.25) is 0 Å². The van der Waals surface area contributed by atoms with Crippen molar-refractivity contribution < 1.29 is 9.47 Å². The Bertz CT molecular complexity index is 1390. The van der Waals surface area contributed by atoms with Gasteiger partial charge in [-0.25, -0.2) is 0 Å². The van der Waals surface area contributed by atoms with E-state index in [4.69, 9.17) is 9.47 Å². The van der Waals surface area contributed by atoms with Gasteiger partial charge in [-0.2, -0.15) is 0 Å². The van der Waals surface area contributed by atoms with Crippen LogP contribution in [0.2, 0.25) is 0 Å². The molecule has 0 bridgehead atoms. The van der Waals surface area contributed by atoms with Crippen molar-refractivity contribution in [2.75, 3.05) is 23.3 Å². The number of anilines is 2. The molecule has 4 aromatic carbocycles. The van der Waals surface area contributed by atoms with E-state index in [2.05, 4.69) is 116 Å². The highest BCUT2D eigenvalue weighted by molar-refractivity contribution is 7.80. The Labute approximate surface area is 248 Å². The first-order valence-electron chi connectivity index (χ1n) is 13.9. The fourth-order valence-electron chi connectivity index (χ4n) is 6.05. The topological polar surface area (TPSA) is 24.9 Å². The van der Waals surface area contributed by atoms with Crippen molar-refractivity contribution in [2.45, 2.75) is 55.5 Å². The third-order valence-electron chi connectivity index (χ3n) is 8.12. The summed E-state index contributed by atoms with van der Waals surface area (Å²) in [5.74, 6) is 2.47. The van der Waals surface area contributed by atoms with Crippen molar-refractivity contribution in [3.63, 3.8) is 0 Å². The molecule has 0 spiro atoms. The van der Waals surface area contributed by atoms with Crippen LogP contribution in [0.1, 0.15) is 49.4 Å². The van der Waals surface area contributed by atoms with Crippen LogP contribution in [0, 0.1) is 5.92 Å². The van der Waals surface area contributed by atoms with E-state index in [0.717, 1.165) is 52.2 Å². The Hall–Kier alpha value is -3.22. The number of fused-ring (bicyclic) bond motifs is 2. The predicted octanol–water partition coefficient (Wildman–Crippen LogP) is 8.33. The minimum Gasteiger partial charge on any atom is -0.473 e. The summed E-state index contributed by atoms with van der Waals surface area (Å²) in [4.78, 5) is 6.46. The van der Waals surface area contributed by atoms with Crippen molar-refractivity contribution in [3.05, 3.63) is 107 Å². The maximum absolute atomic E-state index is 6.19. The zero-order valence-electron chi connectivity index (χ0n) is 23.3. The lowest BCUT2D eigenvalue weighted by Crippen LogP contribution is -2.33. The third-order valence-corrected chi connectivity index (χ3v) is 8.71. The zero-order valence-corrected chi connectivity index (χ0v) is 25.1. The average molecular weight is 569 g/mol. The maximum Gasteiger partial charge on any atom is 0.161 e. The van der Waals surface area contributed by atoms with Gasteiger partial charge in [0, 0.05) is 50.8 Å². The second-order valence-electron chi connectivity index (χ2n) is 11.6. The quantitative estimate of drug-likeness (QED) is 0.229. The monoisotopic (exact) mass is 568 g/mol. The van der Waals surface area contributed by atoms with Gasteiger partial charge < -0.3 is 19.3 Å². The minimum atomic E-state index is -0.163. The normalized spacial score (nSPS) is 14.8. The number of rotatable bonds is 6. The first-order valence-corrected chi connectivity index (χ1v) is 14.8. The molecule has 0 atom stereocenters. The van der Waals surface area contributed by atoms with Crippen LogP contribution in [-0.4, -0.2) is 13.5 Å². The van der Waals surface area contributed by atoms with E-state index >= 15 is 0 Å². The van der Waals surface area contributed by atoms with Gasteiger partial charge in [-0.1, -0.05) is 32.9 Å². The zero-order chi connectivity index (χ0) is 27.9. The Kier molecular flexibility index (Phi) is 7.41. The Morgan fingerprint density at radius 3 is 1.50 bits per heavy atom. The van der Waals surface area contributed by atoms with Crippen LogP contribution in [-0.2, 0) is 18.5 Å². The standard InChI is InChI=1S/C34H36N2O2S2/c1-23(2)18-34(3,26-4-14-32-24(16-26)19-35(21-37-32)28-6-10-30(39)11-7-28)27-5-15-33-25(17-27)20-36(22-38-33)29-8-12-31(40)13-9-29/h4-17,23,39-40H,18-22H2,1-3H3. The summed E-state index contributed by atoms with van der Waals surface area (Å²) in [7, 11) is 0. The molecule has 4 aromatic rings. The summed E-state index contributed by atoms with van der Waals surface area (Å²) in [6, 6.07) is 30.1. The number of nitrogens with zero attached hydrogens (tertiary/aromatic N) is 2. The van der Waals surface area contributed by atoms with Crippen molar-refractivity contribution >= 4 is 36.6 Å². The molecule has 2 heterocycles. The molecule has 0 fully saturated rings. The molecule has 0 unspecified atom stereocenters. The molecular formula is C34H36N2O2S2. The second kappa shape index (κ2) is 11.0. The second-order valence-corrected chi connectivity index (χ2v) is 12.6. The molecule has 4 nitrogen and oxygen atoms in total. The van der Waals surface area contributed by atoms with Crippen molar-refractivity contribution in [1.29, 1.82) is 0 Å². The van der Waals surface area contributed by atoms with Crippen molar-refractivity contribution in [1.82, 2.24) is 0 Å². The molecule has 0 saturated heterocycles. The minimum absolute atomic E-state index is 0.163. The highest BCUT2D eigenvalue weighted by atomic mass is 32.1. The van der Waals surface area contributed by atoms with Crippen LogP contribution in [0.3, 0.4) is 0 Å². The van der Waals surface area contributed by atoms with Crippen molar-refractivity contribution in [2.24, 2.45) is 5.92 Å². The average Bonchev–Trinajstić information content (AvgIpc) is 2.96. The van der Waals surface area contributed by atoms with Crippen LogP contribution in [0.25, 0.3) is 0 Å². The van der Waals surface area contributed by atoms with E-state index in [0.29, 0.717) is 19.4 Å². The lowest BCUT2D eigenvalue weighted by Gasteiger charge is -2.37. The van der Waals surface area contributed by atoms with Crippen LogP contribution in [0.5, 0.6) is 11.5 Å². The van der Waals surface area contributed by atoms with Crippen LogP contribution in [0.15, 0.2) is 94.7 Å². The van der Waals surface area contributed by atoms with Gasteiger partial charge in [0.2, 0.25) is 0 Å². The van der Waals surface area contributed by atoms with Gasteiger partial charge in [0.1, 0.15) is 11.5 Å². The van der Waals surface area contributed by atoms with E-state index in [1.807, 2.05) is 24.3 Å². The largest absolute Gasteiger partial charge is 0.473 e. The van der Waals surface area contributed by atoms with Gasteiger partial charge in [-0.15, -0.1) is 25.3 Å². The van der Waals surface area contributed by atoms with Gasteiger partial charge in [0.05, 0.1) is 0 Å². The molecule has 0 aliphatic carbocycles. The van der Waals surface area contributed by atoms with Gasteiger partial charge in [0.25, 0.3) is 0 Å². The molecule has 0 radical (unpaired) electrons. The summed E-state index contributed by atoms with van der Waals surface area (Å²) in [5, 5.41) is 0. The number of ether oxygens (including phenoxy) is 2. The summed E-state index contributed by atoms with van der Waals surface area (Å²) in [6.45, 7) is 9.70. The summed E-state index contributed by atoms with van der Waals surface area (Å²) in [5.41, 5.74) is 7.18. The highest BCUT2D eigenvalue weighted by Gasteiger charge is 2.33. The summed E-state index contributed by atoms with van der Waals surface area (Å²) in [6.07, 6.45) is 1.03. The Balaban J connectivity index is 1.32. The molecule has 0 aromatic heterocycles. The summed E-state index contributed by atoms with van der Waals surface area (Å²) < 4.78 is 12.4. The smallest absolute Gasteiger partial charge is 0.161 e. The number of thiol groups is 2. The third kappa shape index (κ3) is 5.39. The maximum atomic E-state index is 6.19. The molecule has 0 N–H and O–H groups in total. The van der Waals surface area contributed by atoms with E-state index in [-0.39, 0.29) is 5.41 Å². The van der Waals surface area contributed by atoms with E-state index in [1.165, 1.54) is 22.3 Å². The van der Waals surface area contributed by atoms with E-state index in [1.54, 1.807) is 0 Å². The van der Waals surface area contributed by atoms with Crippen LogP contribution < -0.4 is 19.3 Å². The van der Waals surface area contributed by atoms with Crippen molar-refractivity contribution in [3.8, 4) is 11.5 Å². The number of hydrogen-bond donors (Lipinski definition) is 2. The fourth-order valence-corrected chi connectivity index (χ4v) is 6.35. The molecule has 0 saturated carbocycles. The molecule has 2 aliphatic heterocycles. The van der Waals surface area contributed by atoms with Crippen LogP contribution in [0.4, 0.5) is 11.4 Å². The van der Waals surface area contributed by atoms with E-state index < -0.39 is 0 Å². The van der Waals surface area contributed by atoms with Gasteiger partial charge in [0.15, 0.2) is 13.5 Å². The molecule has 6 rings (SSSR count). The Morgan fingerprint density at radius 2 is 1.10 bits per heavy atom. The van der Waals surface area contributed by atoms with Gasteiger partial charge >= 0.3 is 0 Å². The highest BCUT2D eigenvalue weighted by Crippen LogP contribution is 2.42. The number of hydrogen-bond acceptors (Lipinski definition) is 6. The molecular weight excluding hydrogens is 533 g/mol. The Morgan fingerprint density at radius 1 is 0.675 bits per heavy atom. The molecule has 206 valence electrons. The predicted molar refractivity (Wildman–Crippen MR) is 170 cm³/mol. The summed E-state index contributed by atoms with van der Waals surface area (Å²) >= 11 is 8.88. The van der Waals surface area contributed by atoms with Gasteiger partial charge in [-0.05, 0) is 96.3 Å². The van der Waals surface area contributed by atoms with E-state index in [9.17, 15) is 0 Å². The SMILES string of the molecule is CC(C)CC(C)(c1ccc2c(c1)CN(c1ccc(S)cc1)CO2)c1ccc2c(c1)CN(c1ccc(S)cc1)CO2. The molecule has 0 amide bonds. The lowest BCUT2D eigenvalue weighted by molar-refractivity contribution is 0.288. The first kappa shape index (κ1) is 27.0. The molecule has 6 heteroatoms. The number of benzene rings is 4. The fraction of sp³-hybridized carbons (Fsp3) is 0.294. The first-order chi connectivity index (χ1) is 19.3.